The molecule has 0 radical (unpaired) electrons. The van der Waals surface area contributed by atoms with E-state index in [0.29, 0.717) is 10.8 Å². The predicted octanol–water partition coefficient (Wildman–Crippen LogP) is 3.15. The zero-order chi connectivity index (χ0) is 29.1. The van der Waals surface area contributed by atoms with Crippen LogP contribution >= 0.6 is 19.2 Å². The first-order chi connectivity index (χ1) is 18.2. The summed E-state index contributed by atoms with van der Waals surface area (Å²) in [4.78, 5) is 35.6. The van der Waals surface area contributed by atoms with Gasteiger partial charge in [-0.2, -0.15) is 4.39 Å². The topological polar surface area (TPSA) is 146 Å². The lowest BCUT2D eigenvalue weighted by atomic mass is 9.97. The summed E-state index contributed by atoms with van der Waals surface area (Å²) in [5.41, 5.74) is -2.48. The Balaban J connectivity index is 1.91. The SMILES string of the molecule is CC(C)OC(=O)[C@H](C)C[P@@](=O)(Oc1ccccc1)O[C@@H](C)[C@H]1O[C@@H](n2cc(F)c(=O)[nH]c2=O)C(Cl)(CF)[C@H]1O. The van der Waals surface area contributed by atoms with Crippen LogP contribution in [0.2, 0.25) is 0 Å². The monoisotopic (exact) mass is 594 g/mol. The number of aliphatic hydroxyl groups excluding tert-OH is 1. The van der Waals surface area contributed by atoms with Crippen molar-refractivity contribution in [2.75, 3.05) is 12.8 Å². The van der Waals surface area contributed by atoms with Crippen molar-refractivity contribution in [2.45, 2.75) is 63.2 Å². The van der Waals surface area contributed by atoms with Crippen molar-refractivity contribution in [1.29, 1.82) is 0 Å². The number of ether oxygens (including phenoxy) is 2. The average molecular weight is 595 g/mol. The molecule has 1 aliphatic heterocycles. The van der Waals surface area contributed by atoms with E-state index in [9.17, 15) is 32.8 Å². The lowest BCUT2D eigenvalue weighted by Crippen LogP contribution is -2.48. The quantitative estimate of drug-likeness (QED) is 0.227. The normalized spacial score (nSPS) is 26.1. The third-order valence-electron chi connectivity index (χ3n) is 5.91. The Bertz CT molecular complexity index is 1320. The number of benzene rings is 1. The van der Waals surface area contributed by atoms with Gasteiger partial charge in [-0.25, -0.2) is 13.8 Å². The summed E-state index contributed by atoms with van der Waals surface area (Å²) >= 11 is 6.34. The fourth-order valence-electron chi connectivity index (χ4n) is 4.02. The summed E-state index contributed by atoms with van der Waals surface area (Å²) in [6, 6.07) is 7.97. The largest absolute Gasteiger partial charge is 0.463 e. The summed E-state index contributed by atoms with van der Waals surface area (Å²) in [7, 11) is -4.20. The number of esters is 1. The van der Waals surface area contributed by atoms with Crippen LogP contribution in [0.15, 0.2) is 46.1 Å². The van der Waals surface area contributed by atoms with E-state index in [-0.39, 0.29) is 5.75 Å². The van der Waals surface area contributed by atoms with E-state index >= 15 is 0 Å². The number of H-pyrrole nitrogens is 1. The molecule has 0 bridgehead atoms. The minimum absolute atomic E-state index is 0.161. The van der Waals surface area contributed by atoms with Gasteiger partial charge in [0, 0.05) is 0 Å². The number of nitrogens with one attached hydrogen (secondary N) is 1. The predicted molar refractivity (Wildman–Crippen MR) is 136 cm³/mol. The van der Waals surface area contributed by atoms with Crippen molar-refractivity contribution in [3.63, 3.8) is 0 Å². The van der Waals surface area contributed by atoms with Crippen molar-refractivity contribution in [3.8, 4) is 5.75 Å². The molecule has 11 nitrogen and oxygen atoms in total. The van der Waals surface area contributed by atoms with Gasteiger partial charge in [0.1, 0.15) is 29.5 Å². The van der Waals surface area contributed by atoms with Crippen LogP contribution in [0.1, 0.15) is 33.9 Å². The van der Waals surface area contributed by atoms with Gasteiger partial charge in [0.15, 0.2) is 6.23 Å². The van der Waals surface area contributed by atoms with Gasteiger partial charge < -0.3 is 19.1 Å². The molecule has 7 atom stereocenters. The number of para-hydroxylation sites is 1. The molecule has 1 unspecified atom stereocenters. The Labute approximate surface area is 227 Å². The van der Waals surface area contributed by atoms with E-state index in [4.69, 9.17) is 30.1 Å². The first-order valence-electron chi connectivity index (χ1n) is 12.0. The smallest absolute Gasteiger partial charge is 0.380 e. The molecule has 1 fully saturated rings. The summed E-state index contributed by atoms with van der Waals surface area (Å²) in [5.74, 6) is -2.79. The maximum absolute atomic E-state index is 14.2. The van der Waals surface area contributed by atoms with Crippen molar-refractivity contribution < 1.29 is 41.8 Å². The molecule has 1 aromatic heterocycles. The first kappa shape index (κ1) is 31.0. The van der Waals surface area contributed by atoms with Crippen LogP contribution in [-0.2, 0) is 23.4 Å². The number of hydrogen-bond acceptors (Lipinski definition) is 9. The molecule has 0 aliphatic carbocycles. The number of hydrogen-bond donors (Lipinski definition) is 2. The lowest BCUT2D eigenvalue weighted by Gasteiger charge is -2.29. The summed E-state index contributed by atoms with van der Waals surface area (Å²) in [5, 5.41) is 10.9. The standard InChI is InChI=1S/C24H30ClF2N2O9P/c1-13(2)35-21(32)14(3)11-39(34,38-16-8-6-5-7-9-16)37-15(4)18-19(30)24(25,12-26)22(36-18)29-10-17(27)20(31)28-23(29)33/h5-10,13-15,18-19,22,30H,11-12H2,1-4H3,(H,28,31,33)/t14-,15+,18-,19+,22-,24?,39+/m1/s1. The van der Waals surface area contributed by atoms with E-state index in [0.717, 1.165) is 0 Å². The number of aromatic amines is 1. The minimum atomic E-state index is -4.20. The summed E-state index contributed by atoms with van der Waals surface area (Å²) < 4.78 is 64.8. The number of aromatic nitrogens is 2. The molecular weight excluding hydrogens is 565 g/mol. The van der Waals surface area contributed by atoms with Gasteiger partial charge in [-0.1, -0.05) is 25.1 Å². The highest BCUT2D eigenvalue weighted by atomic mass is 35.5. The van der Waals surface area contributed by atoms with E-state index < -0.39 is 84.9 Å². The second-order valence-electron chi connectivity index (χ2n) is 9.50. The fourth-order valence-corrected chi connectivity index (χ4v) is 6.39. The van der Waals surface area contributed by atoms with Crippen LogP contribution in [0, 0.1) is 11.7 Å². The van der Waals surface area contributed by atoms with Crippen LogP contribution in [-0.4, -0.2) is 62.8 Å². The second kappa shape index (κ2) is 12.3. The van der Waals surface area contributed by atoms with Gasteiger partial charge >= 0.3 is 19.3 Å². The molecule has 2 N–H and O–H groups in total. The van der Waals surface area contributed by atoms with Crippen LogP contribution in [0.5, 0.6) is 5.75 Å². The van der Waals surface area contributed by atoms with Gasteiger partial charge in [-0.3, -0.25) is 23.7 Å². The number of carbonyl (C=O) groups excluding carboxylic acids is 1. The Kier molecular flexibility index (Phi) is 9.77. The molecule has 3 rings (SSSR count). The van der Waals surface area contributed by atoms with Crippen LogP contribution in [0.4, 0.5) is 8.78 Å². The van der Waals surface area contributed by atoms with Gasteiger partial charge in [0.25, 0.3) is 5.56 Å². The molecule has 2 heterocycles. The molecule has 15 heteroatoms. The highest BCUT2D eigenvalue weighted by molar-refractivity contribution is 7.54. The molecule has 0 saturated carbocycles. The third kappa shape index (κ3) is 6.96. The van der Waals surface area contributed by atoms with E-state index in [1.807, 2.05) is 0 Å². The van der Waals surface area contributed by atoms with Crippen LogP contribution in [0.3, 0.4) is 0 Å². The van der Waals surface area contributed by atoms with Crippen molar-refractivity contribution in [1.82, 2.24) is 9.55 Å². The molecular formula is C24H30ClF2N2O9P. The minimum Gasteiger partial charge on any atom is -0.463 e. The highest BCUT2D eigenvalue weighted by Crippen LogP contribution is 2.53. The number of carbonyl (C=O) groups is 1. The molecule has 1 aliphatic rings. The van der Waals surface area contributed by atoms with Crippen molar-refractivity contribution in [3.05, 3.63) is 63.2 Å². The Morgan fingerprint density at radius 1 is 1.26 bits per heavy atom. The Hall–Kier alpha value is -2.57. The molecule has 39 heavy (non-hydrogen) atoms. The zero-order valence-electron chi connectivity index (χ0n) is 21.6. The lowest BCUT2D eigenvalue weighted by molar-refractivity contribution is -0.151. The Morgan fingerprint density at radius 3 is 2.49 bits per heavy atom. The Morgan fingerprint density at radius 2 is 1.90 bits per heavy atom. The highest BCUT2D eigenvalue weighted by Gasteiger charge is 2.59. The summed E-state index contributed by atoms with van der Waals surface area (Å²) in [6.07, 6.45) is -6.85. The number of halogens is 3. The molecule has 0 amide bonds. The second-order valence-corrected chi connectivity index (χ2v) is 12.2. The van der Waals surface area contributed by atoms with E-state index in [1.54, 1.807) is 37.0 Å². The van der Waals surface area contributed by atoms with Crippen molar-refractivity contribution in [2.24, 2.45) is 5.92 Å². The average Bonchev–Trinajstić information content (AvgIpc) is 3.12. The molecule has 2 aromatic rings. The first-order valence-corrected chi connectivity index (χ1v) is 14.1. The number of aliphatic hydroxyl groups is 1. The zero-order valence-corrected chi connectivity index (χ0v) is 23.2. The van der Waals surface area contributed by atoms with Gasteiger partial charge in [0.2, 0.25) is 5.82 Å². The molecule has 1 aromatic carbocycles. The molecule has 0 spiro atoms. The fraction of sp³-hybridized carbons (Fsp3) is 0.542. The number of nitrogens with zero attached hydrogens (tertiary/aromatic N) is 1. The van der Waals surface area contributed by atoms with Gasteiger partial charge in [-0.15, -0.1) is 11.6 Å². The van der Waals surface area contributed by atoms with Gasteiger partial charge in [0.05, 0.1) is 30.5 Å². The third-order valence-corrected chi connectivity index (χ3v) is 8.56. The number of alkyl halides is 2. The summed E-state index contributed by atoms with van der Waals surface area (Å²) in [6.45, 7) is 4.68. The van der Waals surface area contributed by atoms with Gasteiger partial charge in [-0.05, 0) is 32.9 Å². The van der Waals surface area contributed by atoms with E-state index in [1.165, 1.54) is 26.0 Å². The van der Waals surface area contributed by atoms with E-state index in [2.05, 4.69) is 0 Å². The molecule has 216 valence electrons. The van der Waals surface area contributed by atoms with Crippen LogP contribution in [0.25, 0.3) is 0 Å². The maximum Gasteiger partial charge on any atom is 0.380 e. The number of rotatable bonds is 11. The maximum atomic E-state index is 14.2. The molecule has 1 saturated heterocycles. The van der Waals surface area contributed by atoms with Crippen LogP contribution < -0.4 is 15.8 Å². The van der Waals surface area contributed by atoms with Crippen molar-refractivity contribution >= 4 is 25.2 Å².